The summed E-state index contributed by atoms with van der Waals surface area (Å²) < 4.78 is 0. The minimum atomic E-state index is -0.954. The van der Waals surface area contributed by atoms with Crippen molar-refractivity contribution in [3.05, 3.63) is 29.6 Å². The first kappa shape index (κ1) is 9.21. The Morgan fingerprint density at radius 2 is 2.36 bits per heavy atom. The van der Waals surface area contributed by atoms with Crippen LogP contribution in [0.4, 0.5) is 0 Å². The number of aromatic carboxylic acids is 1. The van der Waals surface area contributed by atoms with Gasteiger partial charge in [-0.05, 0) is 12.1 Å². The molecule has 5 heteroatoms. The molecule has 1 aromatic rings. The number of hydrogen-bond donors (Lipinski definition) is 1. The molecule has 2 rings (SSSR count). The summed E-state index contributed by atoms with van der Waals surface area (Å²) in [5.41, 5.74) is 0.967. The Labute approximate surface area is 85.1 Å². The molecule has 14 heavy (non-hydrogen) atoms. The van der Waals surface area contributed by atoms with E-state index >= 15 is 0 Å². The van der Waals surface area contributed by atoms with Gasteiger partial charge in [-0.3, -0.25) is 9.98 Å². The fraction of sp³-hybridized carbons (Fsp3) is 0.222. The Morgan fingerprint density at radius 3 is 2.86 bits per heavy atom. The summed E-state index contributed by atoms with van der Waals surface area (Å²) in [6, 6.07) is 3.24. The third kappa shape index (κ3) is 1.77. The number of pyridine rings is 1. The van der Waals surface area contributed by atoms with Crippen LogP contribution >= 0.6 is 11.8 Å². The number of aliphatic imine (C=N–C) groups is 1. The zero-order valence-corrected chi connectivity index (χ0v) is 8.12. The van der Waals surface area contributed by atoms with Crippen molar-refractivity contribution < 1.29 is 9.90 Å². The normalized spacial score (nSPS) is 15.3. The Hall–Kier alpha value is -1.36. The van der Waals surface area contributed by atoms with Crippen molar-refractivity contribution in [1.29, 1.82) is 0 Å². The number of carboxylic acid groups (broad SMARTS) is 1. The molecule has 1 aliphatic heterocycles. The maximum Gasteiger partial charge on any atom is 0.337 e. The number of carboxylic acids is 1. The molecule has 2 heterocycles. The Kier molecular flexibility index (Phi) is 2.49. The Bertz CT molecular complexity index is 386. The summed E-state index contributed by atoms with van der Waals surface area (Å²) in [5.74, 6) is 0.0302. The maximum absolute atomic E-state index is 10.6. The van der Waals surface area contributed by atoms with Crippen molar-refractivity contribution in [2.75, 3.05) is 12.3 Å². The van der Waals surface area contributed by atoms with Crippen molar-refractivity contribution in [2.24, 2.45) is 4.99 Å². The lowest BCUT2D eigenvalue weighted by atomic mass is 10.2. The van der Waals surface area contributed by atoms with Crippen molar-refractivity contribution >= 4 is 22.8 Å². The molecule has 1 aromatic heterocycles. The first-order valence-corrected chi connectivity index (χ1v) is 5.13. The van der Waals surface area contributed by atoms with E-state index in [9.17, 15) is 4.79 Å². The van der Waals surface area contributed by atoms with E-state index in [1.807, 2.05) is 0 Å². The van der Waals surface area contributed by atoms with E-state index in [4.69, 9.17) is 5.11 Å². The topological polar surface area (TPSA) is 62.5 Å². The number of thioether (sulfide) groups is 1. The van der Waals surface area contributed by atoms with E-state index in [2.05, 4.69) is 9.98 Å². The van der Waals surface area contributed by atoms with Gasteiger partial charge < -0.3 is 5.11 Å². The highest BCUT2D eigenvalue weighted by molar-refractivity contribution is 8.14. The van der Waals surface area contributed by atoms with Crippen LogP contribution in [0.1, 0.15) is 16.1 Å². The van der Waals surface area contributed by atoms with Crippen molar-refractivity contribution in [3.8, 4) is 0 Å². The molecule has 0 radical (unpaired) electrons. The summed E-state index contributed by atoms with van der Waals surface area (Å²) >= 11 is 1.65. The molecule has 0 saturated heterocycles. The monoisotopic (exact) mass is 208 g/mol. The number of carbonyl (C=O) groups is 1. The fourth-order valence-electron chi connectivity index (χ4n) is 1.14. The number of rotatable bonds is 2. The molecular weight excluding hydrogens is 200 g/mol. The number of aromatic nitrogens is 1. The van der Waals surface area contributed by atoms with Gasteiger partial charge in [0.25, 0.3) is 0 Å². The molecule has 0 saturated carbocycles. The second-order valence-corrected chi connectivity index (χ2v) is 3.86. The predicted molar refractivity (Wildman–Crippen MR) is 55.1 cm³/mol. The quantitative estimate of drug-likeness (QED) is 0.795. The summed E-state index contributed by atoms with van der Waals surface area (Å²) in [7, 11) is 0. The molecule has 0 aliphatic carbocycles. The standard InChI is InChI=1S/C9H8N2O2S/c12-9(13)6-1-2-7(11-5-6)8-10-3-4-14-8/h1-2,5H,3-4H2,(H,12,13). The Morgan fingerprint density at radius 1 is 1.50 bits per heavy atom. The third-order valence-corrected chi connectivity index (χ3v) is 2.81. The Balaban J connectivity index is 2.25. The second kappa shape index (κ2) is 3.79. The van der Waals surface area contributed by atoms with Gasteiger partial charge in [0.1, 0.15) is 5.04 Å². The van der Waals surface area contributed by atoms with Gasteiger partial charge >= 0.3 is 5.97 Å². The molecule has 0 spiro atoms. The van der Waals surface area contributed by atoms with Crippen LogP contribution in [0.25, 0.3) is 0 Å². The summed E-state index contributed by atoms with van der Waals surface area (Å²) in [6.45, 7) is 0.822. The van der Waals surface area contributed by atoms with E-state index in [-0.39, 0.29) is 5.56 Å². The minimum absolute atomic E-state index is 0.206. The third-order valence-electron chi connectivity index (χ3n) is 1.82. The largest absolute Gasteiger partial charge is 0.478 e. The van der Waals surface area contributed by atoms with Crippen molar-refractivity contribution in [1.82, 2.24) is 4.98 Å². The summed E-state index contributed by atoms with van der Waals surface area (Å²) in [6.07, 6.45) is 1.36. The number of hydrogen-bond acceptors (Lipinski definition) is 4. The van der Waals surface area contributed by atoms with E-state index < -0.39 is 5.97 Å². The van der Waals surface area contributed by atoms with Gasteiger partial charge in [-0.15, -0.1) is 11.8 Å². The lowest BCUT2D eigenvalue weighted by molar-refractivity contribution is 0.0696. The van der Waals surface area contributed by atoms with Crippen LogP contribution in [0.2, 0.25) is 0 Å². The molecule has 0 atom stereocenters. The van der Waals surface area contributed by atoms with Crippen LogP contribution in [0.5, 0.6) is 0 Å². The van der Waals surface area contributed by atoms with E-state index in [0.29, 0.717) is 0 Å². The van der Waals surface area contributed by atoms with Crippen LogP contribution in [-0.2, 0) is 0 Å². The van der Waals surface area contributed by atoms with Crippen molar-refractivity contribution in [2.45, 2.75) is 0 Å². The zero-order chi connectivity index (χ0) is 9.97. The molecule has 4 nitrogen and oxygen atoms in total. The molecule has 1 aliphatic rings. The molecule has 0 bridgehead atoms. The highest BCUT2D eigenvalue weighted by atomic mass is 32.2. The van der Waals surface area contributed by atoms with Gasteiger partial charge in [0.2, 0.25) is 0 Å². The van der Waals surface area contributed by atoms with Crippen LogP contribution in [0, 0.1) is 0 Å². The van der Waals surface area contributed by atoms with Crippen LogP contribution in [0.3, 0.4) is 0 Å². The molecule has 1 N–H and O–H groups in total. The second-order valence-electron chi connectivity index (χ2n) is 2.77. The average molecular weight is 208 g/mol. The average Bonchev–Trinajstić information content (AvgIpc) is 2.71. The predicted octanol–water partition coefficient (Wildman–Crippen LogP) is 1.27. The smallest absolute Gasteiger partial charge is 0.337 e. The summed E-state index contributed by atoms with van der Waals surface area (Å²) in [4.78, 5) is 18.9. The van der Waals surface area contributed by atoms with E-state index in [1.54, 1.807) is 23.9 Å². The van der Waals surface area contributed by atoms with Gasteiger partial charge in [-0.1, -0.05) is 0 Å². The SMILES string of the molecule is O=C(O)c1ccc(C2=NCCS2)nc1. The van der Waals surface area contributed by atoms with E-state index in [1.165, 1.54) is 6.20 Å². The van der Waals surface area contributed by atoms with Gasteiger partial charge in [0.05, 0.1) is 11.3 Å². The van der Waals surface area contributed by atoms with Gasteiger partial charge in [0.15, 0.2) is 0 Å². The van der Waals surface area contributed by atoms with Crippen LogP contribution in [0.15, 0.2) is 23.3 Å². The molecular formula is C9H8N2O2S. The van der Waals surface area contributed by atoms with E-state index in [0.717, 1.165) is 23.0 Å². The first-order valence-electron chi connectivity index (χ1n) is 4.14. The maximum atomic E-state index is 10.6. The highest BCUT2D eigenvalue weighted by Gasteiger charge is 2.11. The zero-order valence-electron chi connectivity index (χ0n) is 7.30. The first-order chi connectivity index (χ1) is 6.77. The van der Waals surface area contributed by atoms with Gasteiger partial charge in [-0.2, -0.15) is 0 Å². The highest BCUT2D eigenvalue weighted by Crippen LogP contribution is 2.17. The van der Waals surface area contributed by atoms with Gasteiger partial charge in [0, 0.05) is 18.5 Å². The molecule has 0 fully saturated rings. The minimum Gasteiger partial charge on any atom is -0.478 e. The lowest BCUT2D eigenvalue weighted by Gasteiger charge is -1.98. The molecule has 0 aromatic carbocycles. The van der Waals surface area contributed by atoms with Crippen molar-refractivity contribution in [3.63, 3.8) is 0 Å². The molecule has 0 amide bonds. The summed E-state index contributed by atoms with van der Waals surface area (Å²) in [5, 5.41) is 9.57. The fourth-order valence-corrected chi connectivity index (χ4v) is 1.96. The van der Waals surface area contributed by atoms with Crippen LogP contribution in [-0.4, -0.2) is 33.4 Å². The lowest BCUT2D eigenvalue weighted by Crippen LogP contribution is -2.01. The van der Waals surface area contributed by atoms with Gasteiger partial charge in [-0.25, -0.2) is 4.79 Å². The van der Waals surface area contributed by atoms with Crippen LogP contribution < -0.4 is 0 Å². The molecule has 72 valence electrons. The number of nitrogens with zero attached hydrogens (tertiary/aromatic N) is 2. The molecule has 0 unspecified atom stereocenters.